The van der Waals surface area contributed by atoms with Crippen LogP contribution in [0.25, 0.3) is 0 Å². The Hall–Kier alpha value is -1.95. The molecule has 0 saturated carbocycles. The van der Waals surface area contributed by atoms with Crippen molar-refractivity contribution in [3.05, 3.63) is 39.4 Å². The topological polar surface area (TPSA) is 75.5 Å². The molecule has 0 saturated heterocycles. The van der Waals surface area contributed by atoms with Gasteiger partial charge in [-0.1, -0.05) is 6.07 Å². The SMILES string of the molecule is Cc1c(C(=O)NCCCN(C)C)cccc1[N+](=O)[O-]. The third-order valence-corrected chi connectivity index (χ3v) is 2.81. The van der Waals surface area contributed by atoms with Gasteiger partial charge in [0.1, 0.15) is 0 Å². The molecule has 1 rings (SSSR count). The van der Waals surface area contributed by atoms with Crippen molar-refractivity contribution >= 4 is 11.6 Å². The van der Waals surface area contributed by atoms with Crippen molar-refractivity contribution in [3.8, 4) is 0 Å². The number of hydrogen-bond acceptors (Lipinski definition) is 4. The van der Waals surface area contributed by atoms with Gasteiger partial charge in [-0.2, -0.15) is 0 Å². The van der Waals surface area contributed by atoms with E-state index < -0.39 is 4.92 Å². The highest BCUT2D eigenvalue weighted by Crippen LogP contribution is 2.20. The zero-order chi connectivity index (χ0) is 14.4. The molecule has 0 fully saturated rings. The molecule has 0 radical (unpaired) electrons. The van der Waals surface area contributed by atoms with E-state index in [-0.39, 0.29) is 11.6 Å². The molecule has 0 aromatic heterocycles. The maximum atomic E-state index is 11.9. The lowest BCUT2D eigenvalue weighted by atomic mass is 10.1. The summed E-state index contributed by atoms with van der Waals surface area (Å²) in [7, 11) is 3.93. The predicted molar refractivity (Wildman–Crippen MR) is 73.3 cm³/mol. The lowest BCUT2D eigenvalue weighted by Crippen LogP contribution is -2.27. The highest BCUT2D eigenvalue weighted by atomic mass is 16.6. The summed E-state index contributed by atoms with van der Waals surface area (Å²) in [5, 5.41) is 13.6. The summed E-state index contributed by atoms with van der Waals surface area (Å²) < 4.78 is 0. The molecule has 0 aliphatic heterocycles. The van der Waals surface area contributed by atoms with E-state index in [1.807, 2.05) is 19.0 Å². The van der Waals surface area contributed by atoms with Gasteiger partial charge in [-0.25, -0.2) is 0 Å². The van der Waals surface area contributed by atoms with E-state index in [1.165, 1.54) is 12.1 Å². The zero-order valence-electron chi connectivity index (χ0n) is 11.5. The van der Waals surface area contributed by atoms with Gasteiger partial charge >= 0.3 is 0 Å². The van der Waals surface area contributed by atoms with Crippen molar-refractivity contribution in [2.45, 2.75) is 13.3 Å². The van der Waals surface area contributed by atoms with Crippen molar-refractivity contribution < 1.29 is 9.72 Å². The minimum absolute atomic E-state index is 0.0269. The summed E-state index contributed by atoms with van der Waals surface area (Å²) in [6.07, 6.45) is 0.840. The molecule has 0 unspecified atom stereocenters. The monoisotopic (exact) mass is 265 g/mol. The van der Waals surface area contributed by atoms with Crippen LogP contribution in [0.15, 0.2) is 18.2 Å². The fourth-order valence-corrected chi connectivity index (χ4v) is 1.76. The van der Waals surface area contributed by atoms with E-state index >= 15 is 0 Å². The van der Waals surface area contributed by atoms with Crippen LogP contribution in [0.5, 0.6) is 0 Å². The number of carbonyl (C=O) groups excluding carboxylic acids is 1. The van der Waals surface area contributed by atoms with Gasteiger partial charge in [0, 0.05) is 23.7 Å². The van der Waals surface area contributed by atoms with E-state index in [4.69, 9.17) is 0 Å². The molecule has 1 aromatic rings. The molecule has 6 nitrogen and oxygen atoms in total. The molecule has 19 heavy (non-hydrogen) atoms. The summed E-state index contributed by atoms with van der Waals surface area (Å²) in [6, 6.07) is 4.53. The van der Waals surface area contributed by atoms with Crippen molar-refractivity contribution in [2.75, 3.05) is 27.2 Å². The number of carbonyl (C=O) groups is 1. The van der Waals surface area contributed by atoms with Crippen molar-refractivity contribution in [3.63, 3.8) is 0 Å². The Bertz CT molecular complexity index is 472. The van der Waals surface area contributed by atoms with Crippen LogP contribution in [0, 0.1) is 17.0 Å². The third kappa shape index (κ3) is 4.33. The molecule has 0 bridgehead atoms. The highest BCUT2D eigenvalue weighted by molar-refractivity contribution is 5.96. The summed E-state index contributed by atoms with van der Waals surface area (Å²) in [6.45, 7) is 3.03. The normalized spacial score (nSPS) is 10.5. The number of benzene rings is 1. The number of nitro groups is 1. The molecule has 0 spiro atoms. The van der Waals surface area contributed by atoms with Gasteiger partial charge in [0.25, 0.3) is 11.6 Å². The van der Waals surface area contributed by atoms with Gasteiger partial charge in [0.2, 0.25) is 0 Å². The Labute approximate surface area is 112 Å². The second-order valence-corrected chi connectivity index (χ2v) is 4.62. The van der Waals surface area contributed by atoms with Crippen LogP contribution in [0.2, 0.25) is 0 Å². The van der Waals surface area contributed by atoms with Crippen LogP contribution in [0.4, 0.5) is 5.69 Å². The van der Waals surface area contributed by atoms with Crippen LogP contribution in [-0.2, 0) is 0 Å². The molecule has 104 valence electrons. The molecule has 6 heteroatoms. The number of nitrogens with one attached hydrogen (secondary N) is 1. The molecule has 1 amide bonds. The van der Waals surface area contributed by atoms with E-state index in [1.54, 1.807) is 13.0 Å². The predicted octanol–water partition coefficient (Wildman–Crippen LogP) is 1.58. The van der Waals surface area contributed by atoms with Crippen molar-refractivity contribution in [1.82, 2.24) is 10.2 Å². The Morgan fingerprint density at radius 2 is 2.11 bits per heavy atom. The van der Waals surface area contributed by atoms with Crippen LogP contribution in [0.1, 0.15) is 22.3 Å². The van der Waals surface area contributed by atoms with Gasteiger partial charge in [0.05, 0.1) is 4.92 Å². The van der Waals surface area contributed by atoms with Gasteiger partial charge in [0.15, 0.2) is 0 Å². The molecular weight excluding hydrogens is 246 g/mol. The van der Waals surface area contributed by atoms with Gasteiger partial charge in [-0.15, -0.1) is 0 Å². The molecule has 1 N–H and O–H groups in total. The average molecular weight is 265 g/mol. The minimum Gasteiger partial charge on any atom is -0.352 e. The molecule has 0 aliphatic carbocycles. The molecule has 0 heterocycles. The van der Waals surface area contributed by atoms with E-state index in [0.29, 0.717) is 17.7 Å². The van der Waals surface area contributed by atoms with Crippen LogP contribution >= 0.6 is 0 Å². The second kappa shape index (κ2) is 6.84. The number of nitrogens with zero attached hydrogens (tertiary/aromatic N) is 2. The fraction of sp³-hybridized carbons (Fsp3) is 0.462. The smallest absolute Gasteiger partial charge is 0.273 e. The first-order chi connectivity index (χ1) is 8.93. The quantitative estimate of drug-likeness (QED) is 0.481. The maximum Gasteiger partial charge on any atom is 0.273 e. The van der Waals surface area contributed by atoms with E-state index in [2.05, 4.69) is 5.32 Å². The van der Waals surface area contributed by atoms with Crippen LogP contribution in [-0.4, -0.2) is 42.9 Å². The summed E-state index contributed by atoms with van der Waals surface area (Å²) in [5.74, 6) is -0.264. The summed E-state index contributed by atoms with van der Waals surface area (Å²) in [5.41, 5.74) is 0.734. The summed E-state index contributed by atoms with van der Waals surface area (Å²) >= 11 is 0. The highest BCUT2D eigenvalue weighted by Gasteiger charge is 2.17. The maximum absolute atomic E-state index is 11.9. The van der Waals surface area contributed by atoms with Crippen molar-refractivity contribution in [2.24, 2.45) is 0 Å². The van der Waals surface area contributed by atoms with Crippen LogP contribution < -0.4 is 5.32 Å². The Kier molecular flexibility index (Phi) is 5.44. The third-order valence-electron chi connectivity index (χ3n) is 2.81. The second-order valence-electron chi connectivity index (χ2n) is 4.62. The number of nitro benzene ring substituents is 1. The van der Waals surface area contributed by atoms with Crippen molar-refractivity contribution in [1.29, 1.82) is 0 Å². The number of amides is 1. The number of rotatable bonds is 6. The van der Waals surface area contributed by atoms with Gasteiger partial charge in [-0.3, -0.25) is 14.9 Å². The van der Waals surface area contributed by atoms with Crippen LogP contribution in [0.3, 0.4) is 0 Å². The summed E-state index contributed by atoms with van der Waals surface area (Å²) in [4.78, 5) is 24.3. The zero-order valence-corrected chi connectivity index (χ0v) is 11.5. The fourth-order valence-electron chi connectivity index (χ4n) is 1.76. The standard InChI is InChI=1S/C13H19N3O3/c1-10-11(6-4-7-12(10)16(18)19)13(17)14-8-5-9-15(2)3/h4,6-7H,5,8-9H2,1-3H3,(H,14,17). The average Bonchev–Trinajstić information content (AvgIpc) is 2.34. The largest absolute Gasteiger partial charge is 0.352 e. The van der Waals surface area contributed by atoms with E-state index in [0.717, 1.165) is 13.0 Å². The molecule has 0 aliphatic rings. The Balaban J connectivity index is 2.67. The van der Waals surface area contributed by atoms with E-state index in [9.17, 15) is 14.9 Å². The Morgan fingerprint density at radius 3 is 2.68 bits per heavy atom. The lowest BCUT2D eigenvalue weighted by Gasteiger charge is -2.10. The Morgan fingerprint density at radius 1 is 1.42 bits per heavy atom. The molecular formula is C13H19N3O3. The van der Waals surface area contributed by atoms with Gasteiger partial charge in [-0.05, 0) is 40.1 Å². The molecule has 0 atom stereocenters. The lowest BCUT2D eigenvalue weighted by molar-refractivity contribution is -0.385. The first kappa shape index (κ1) is 15.1. The molecule has 1 aromatic carbocycles. The minimum atomic E-state index is -0.474. The van der Waals surface area contributed by atoms with Gasteiger partial charge < -0.3 is 10.2 Å². The first-order valence-corrected chi connectivity index (χ1v) is 6.10. The number of hydrogen-bond donors (Lipinski definition) is 1. The first-order valence-electron chi connectivity index (χ1n) is 6.10.